The van der Waals surface area contributed by atoms with Gasteiger partial charge in [0.15, 0.2) is 5.78 Å². The van der Waals surface area contributed by atoms with Gasteiger partial charge in [-0.25, -0.2) is 0 Å². The molecule has 0 radical (unpaired) electrons. The van der Waals surface area contributed by atoms with Crippen molar-refractivity contribution in [2.24, 2.45) is 0 Å². The second-order valence-corrected chi connectivity index (χ2v) is 5.84. The first-order chi connectivity index (χ1) is 10.2. The van der Waals surface area contributed by atoms with Crippen LogP contribution in [0.1, 0.15) is 39.9 Å². The summed E-state index contributed by atoms with van der Waals surface area (Å²) in [4.78, 5) is 15.2. The highest BCUT2D eigenvalue weighted by atomic mass is 16.1. The normalized spacial score (nSPS) is 15.3. The molecule has 0 amide bonds. The average molecular weight is 279 g/mol. The van der Waals surface area contributed by atoms with Crippen LogP contribution in [0, 0.1) is 6.92 Å². The van der Waals surface area contributed by atoms with Gasteiger partial charge in [0.25, 0.3) is 0 Å². The molecule has 0 bridgehead atoms. The van der Waals surface area contributed by atoms with Gasteiger partial charge in [-0.1, -0.05) is 54.1 Å². The maximum atomic E-state index is 12.7. The Bertz CT molecular complexity index is 624. The molecule has 2 heteroatoms. The van der Waals surface area contributed by atoms with E-state index >= 15 is 0 Å². The van der Waals surface area contributed by atoms with Gasteiger partial charge in [-0.3, -0.25) is 9.69 Å². The van der Waals surface area contributed by atoms with Crippen molar-refractivity contribution < 1.29 is 4.79 Å². The van der Waals surface area contributed by atoms with E-state index in [1.807, 2.05) is 49.4 Å². The predicted octanol–water partition coefficient (Wildman–Crippen LogP) is 3.82. The summed E-state index contributed by atoms with van der Waals surface area (Å²) in [7, 11) is 0. The monoisotopic (exact) mass is 279 g/mol. The van der Waals surface area contributed by atoms with Crippen LogP contribution in [0.3, 0.4) is 0 Å². The third-order valence-corrected chi connectivity index (χ3v) is 4.17. The molecule has 2 aromatic rings. The molecule has 0 aromatic heterocycles. The number of benzene rings is 2. The zero-order valence-corrected chi connectivity index (χ0v) is 12.5. The van der Waals surface area contributed by atoms with E-state index in [1.54, 1.807) is 0 Å². The van der Waals surface area contributed by atoms with E-state index in [1.165, 1.54) is 18.4 Å². The standard InChI is InChI=1S/C19H21NO/c1-15-8-10-16(11-9-15)19(21)18-7-3-2-6-17(18)14-20-12-4-5-13-20/h2-3,6-11H,4-5,12-14H2,1H3. The van der Waals surface area contributed by atoms with Crippen LogP contribution >= 0.6 is 0 Å². The van der Waals surface area contributed by atoms with Crippen LogP contribution in [0.4, 0.5) is 0 Å². The lowest BCUT2D eigenvalue weighted by Crippen LogP contribution is -2.20. The lowest BCUT2D eigenvalue weighted by molar-refractivity contribution is 0.103. The Morgan fingerprint density at radius 1 is 1.00 bits per heavy atom. The van der Waals surface area contributed by atoms with Gasteiger partial charge in [0.05, 0.1) is 0 Å². The van der Waals surface area contributed by atoms with Gasteiger partial charge in [-0.15, -0.1) is 0 Å². The largest absolute Gasteiger partial charge is 0.299 e. The van der Waals surface area contributed by atoms with Crippen molar-refractivity contribution in [3.05, 3.63) is 70.8 Å². The first-order valence-corrected chi connectivity index (χ1v) is 7.66. The van der Waals surface area contributed by atoms with E-state index in [4.69, 9.17) is 0 Å². The molecule has 0 aliphatic carbocycles. The van der Waals surface area contributed by atoms with Crippen molar-refractivity contribution in [1.29, 1.82) is 0 Å². The molecule has 1 heterocycles. The topological polar surface area (TPSA) is 20.3 Å². The van der Waals surface area contributed by atoms with E-state index in [0.717, 1.165) is 36.3 Å². The van der Waals surface area contributed by atoms with Crippen molar-refractivity contribution in [3.8, 4) is 0 Å². The molecular weight excluding hydrogens is 258 g/mol. The van der Waals surface area contributed by atoms with E-state index < -0.39 is 0 Å². The highest BCUT2D eigenvalue weighted by molar-refractivity contribution is 6.09. The minimum Gasteiger partial charge on any atom is -0.299 e. The fraction of sp³-hybridized carbons (Fsp3) is 0.316. The maximum absolute atomic E-state index is 12.7. The number of hydrogen-bond acceptors (Lipinski definition) is 2. The molecular formula is C19H21NO. The third kappa shape index (κ3) is 3.22. The highest BCUT2D eigenvalue weighted by Crippen LogP contribution is 2.19. The quantitative estimate of drug-likeness (QED) is 0.793. The minimum atomic E-state index is 0.129. The zero-order chi connectivity index (χ0) is 14.7. The van der Waals surface area contributed by atoms with E-state index in [-0.39, 0.29) is 5.78 Å². The van der Waals surface area contributed by atoms with Gasteiger partial charge in [-0.05, 0) is 38.4 Å². The smallest absolute Gasteiger partial charge is 0.193 e. The summed E-state index contributed by atoms with van der Waals surface area (Å²) in [5.74, 6) is 0.129. The molecule has 0 spiro atoms. The first-order valence-electron chi connectivity index (χ1n) is 7.66. The number of carbonyl (C=O) groups is 1. The van der Waals surface area contributed by atoms with Crippen LogP contribution in [-0.4, -0.2) is 23.8 Å². The van der Waals surface area contributed by atoms with Crippen LogP contribution in [0.2, 0.25) is 0 Å². The van der Waals surface area contributed by atoms with E-state index in [2.05, 4.69) is 11.0 Å². The maximum Gasteiger partial charge on any atom is 0.193 e. The van der Waals surface area contributed by atoms with Gasteiger partial charge in [0, 0.05) is 17.7 Å². The van der Waals surface area contributed by atoms with Gasteiger partial charge < -0.3 is 0 Å². The van der Waals surface area contributed by atoms with Crippen LogP contribution in [0.5, 0.6) is 0 Å². The average Bonchev–Trinajstić information content (AvgIpc) is 3.01. The van der Waals surface area contributed by atoms with Crippen molar-refractivity contribution in [3.63, 3.8) is 0 Å². The molecule has 2 nitrogen and oxygen atoms in total. The van der Waals surface area contributed by atoms with Crippen molar-refractivity contribution in [2.75, 3.05) is 13.1 Å². The Hall–Kier alpha value is -1.93. The summed E-state index contributed by atoms with van der Waals surface area (Å²) in [5, 5.41) is 0. The number of likely N-dealkylation sites (tertiary alicyclic amines) is 1. The molecule has 1 aliphatic rings. The second-order valence-electron chi connectivity index (χ2n) is 5.84. The number of rotatable bonds is 4. The Kier molecular flexibility index (Phi) is 4.16. The van der Waals surface area contributed by atoms with Gasteiger partial charge in [0.1, 0.15) is 0 Å². The summed E-state index contributed by atoms with van der Waals surface area (Å²) in [6.45, 7) is 5.21. The zero-order valence-electron chi connectivity index (χ0n) is 12.5. The first kappa shape index (κ1) is 14.0. The summed E-state index contributed by atoms with van der Waals surface area (Å²) < 4.78 is 0. The predicted molar refractivity (Wildman–Crippen MR) is 85.6 cm³/mol. The molecule has 0 N–H and O–H groups in total. The molecule has 108 valence electrons. The lowest BCUT2D eigenvalue weighted by Gasteiger charge is -2.17. The lowest BCUT2D eigenvalue weighted by atomic mass is 9.97. The molecule has 21 heavy (non-hydrogen) atoms. The van der Waals surface area contributed by atoms with Crippen molar-refractivity contribution in [1.82, 2.24) is 4.90 Å². The molecule has 1 saturated heterocycles. The van der Waals surface area contributed by atoms with Crippen LogP contribution in [0.15, 0.2) is 48.5 Å². The Labute approximate surface area is 126 Å². The number of hydrogen-bond donors (Lipinski definition) is 0. The Morgan fingerprint density at radius 2 is 1.67 bits per heavy atom. The minimum absolute atomic E-state index is 0.129. The molecule has 0 unspecified atom stereocenters. The molecule has 0 saturated carbocycles. The fourth-order valence-corrected chi connectivity index (χ4v) is 2.92. The summed E-state index contributed by atoms with van der Waals surface area (Å²) in [6, 6.07) is 15.8. The Balaban J connectivity index is 1.86. The summed E-state index contributed by atoms with van der Waals surface area (Å²) in [5.41, 5.74) is 3.93. The molecule has 1 aliphatic heterocycles. The highest BCUT2D eigenvalue weighted by Gasteiger charge is 2.17. The fourth-order valence-electron chi connectivity index (χ4n) is 2.92. The van der Waals surface area contributed by atoms with Gasteiger partial charge in [-0.2, -0.15) is 0 Å². The Morgan fingerprint density at radius 3 is 2.38 bits per heavy atom. The number of nitrogens with zero attached hydrogens (tertiary/aromatic N) is 1. The SMILES string of the molecule is Cc1ccc(C(=O)c2ccccc2CN2CCCC2)cc1. The van der Waals surface area contributed by atoms with Crippen LogP contribution in [0.25, 0.3) is 0 Å². The molecule has 1 fully saturated rings. The second kappa shape index (κ2) is 6.23. The number of carbonyl (C=O) groups excluding carboxylic acids is 1. The van der Waals surface area contributed by atoms with Gasteiger partial charge in [0.2, 0.25) is 0 Å². The summed E-state index contributed by atoms with van der Waals surface area (Å²) >= 11 is 0. The molecule has 2 aromatic carbocycles. The van der Waals surface area contributed by atoms with Crippen molar-refractivity contribution >= 4 is 5.78 Å². The van der Waals surface area contributed by atoms with Crippen LogP contribution < -0.4 is 0 Å². The molecule has 0 atom stereocenters. The van der Waals surface area contributed by atoms with E-state index in [0.29, 0.717) is 0 Å². The third-order valence-electron chi connectivity index (χ3n) is 4.17. The summed E-state index contributed by atoms with van der Waals surface area (Å²) in [6.07, 6.45) is 2.54. The number of aryl methyl sites for hydroxylation is 1. The van der Waals surface area contributed by atoms with Gasteiger partial charge >= 0.3 is 0 Å². The number of ketones is 1. The van der Waals surface area contributed by atoms with Crippen LogP contribution in [-0.2, 0) is 6.54 Å². The van der Waals surface area contributed by atoms with E-state index in [9.17, 15) is 4.79 Å². The molecule has 3 rings (SSSR count). The van der Waals surface area contributed by atoms with Crippen molar-refractivity contribution in [2.45, 2.75) is 26.3 Å².